The Morgan fingerprint density at radius 3 is 2.86 bits per heavy atom. The Hall–Kier alpha value is -2.50. The number of hydrogen-bond acceptors (Lipinski definition) is 4. The monoisotopic (exact) mass is 379 g/mol. The molecule has 5 nitrogen and oxygen atoms in total. The molecule has 2 heterocycles. The second-order valence-corrected chi connectivity index (χ2v) is 7.18. The van der Waals surface area contributed by atoms with Crippen LogP contribution in [0.15, 0.2) is 52.6 Å². The van der Waals surface area contributed by atoms with E-state index in [1.165, 1.54) is 11.1 Å². The maximum Gasteiger partial charge on any atom is 0.256 e. The first-order valence-electron chi connectivity index (χ1n) is 9.94. The first kappa shape index (κ1) is 20.2. The van der Waals surface area contributed by atoms with Crippen LogP contribution in [0.4, 0.5) is 5.69 Å². The van der Waals surface area contributed by atoms with Gasteiger partial charge in [0.15, 0.2) is 0 Å². The van der Waals surface area contributed by atoms with Crippen LogP contribution in [-0.4, -0.2) is 35.9 Å². The Morgan fingerprint density at radius 2 is 2.14 bits per heavy atom. The van der Waals surface area contributed by atoms with Gasteiger partial charge in [-0.2, -0.15) is 0 Å². The molecule has 1 aromatic rings. The lowest BCUT2D eigenvalue weighted by atomic mass is 9.92. The minimum absolute atomic E-state index is 0.0494. The lowest BCUT2D eigenvalue weighted by molar-refractivity contribution is -0.110. The van der Waals surface area contributed by atoms with Crippen molar-refractivity contribution in [3.05, 3.63) is 58.7 Å². The van der Waals surface area contributed by atoms with E-state index in [4.69, 9.17) is 10.7 Å². The van der Waals surface area contributed by atoms with Gasteiger partial charge in [0.1, 0.15) is 0 Å². The van der Waals surface area contributed by atoms with Gasteiger partial charge in [-0.15, -0.1) is 0 Å². The van der Waals surface area contributed by atoms with Crippen LogP contribution >= 0.6 is 0 Å². The summed E-state index contributed by atoms with van der Waals surface area (Å²) in [6.07, 6.45) is 9.33. The number of nitrogens with zero attached hydrogens (tertiary/aromatic N) is 1. The van der Waals surface area contributed by atoms with E-state index in [1.807, 2.05) is 38.1 Å². The largest absolute Gasteiger partial charge is 0.396 e. The second kappa shape index (κ2) is 9.13. The van der Waals surface area contributed by atoms with Gasteiger partial charge in [0.05, 0.1) is 6.04 Å². The molecule has 28 heavy (non-hydrogen) atoms. The molecule has 1 unspecified atom stereocenters. The molecule has 4 N–H and O–H groups in total. The van der Waals surface area contributed by atoms with E-state index in [1.54, 1.807) is 0 Å². The fourth-order valence-corrected chi connectivity index (χ4v) is 3.99. The average Bonchev–Trinajstić information content (AvgIpc) is 3.15. The third-order valence-electron chi connectivity index (χ3n) is 5.34. The Morgan fingerprint density at radius 1 is 1.32 bits per heavy atom. The summed E-state index contributed by atoms with van der Waals surface area (Å²) in [5.41, 5.74) is 12.6. The average molecular weight is 380 g/mol. The molecule has 148 valence electrons. The van der Waals surface area contributed by atoms with Crippen molar-refractivity contribution >= 4 is 22.9 Å². The van der Waals surface area contributed by atoms with Crippen LogP contribution in [0.25, 0.3) is 5.57 Å². The number of aliphatic hydroxyl groups excluding tert-OH is 1. The summed E-state index contributed by atoms with van der Waals surface area (Å²) in [6.45, 7) is 4.74. The molecule has 1 atom stereocenters. The number of nitrogens with two attached hydrogens (primary N) is 1. The molecule has 0 spiro atoms. The van der Waals surface area contributed by atoms with Crippen LogP contribution in [0.3, 0.4) is 0 Å². The van der Waals surface area contributed by atoms with Gasteiger partial charge in [-0.1, -0.05) is 24.3 Å². The van der Waals surface area contributed by atoms with Gasteiger partial charge in [-0.3, -0.25) is 9.79 Å². The Labute approximate surface area is 166 Å². The van der Waals surface area contributed by atoms with Crippen molar-refractivity contribution < 1.29 is 9.90 Å². The molecule has 5 heteroatoms. The van der Waals surface area contributed by atoms with Gasteiger partial charge in [-0.05, 0) is 74.9 Å². The highest BCUT2D eigenvalue weighted by Gasteiger charge is 2.30. The molecule has 1 amide bonds. The Bertz CT molecular complexity index is 878. The Kier molecular flexibility index (Phi) is 6.60. The van der Waals surface area contributed by atoms with E-state index in [0.29, 0.717) is 18.5 Å². The van der Waals surface area contributed by atoms with Gasteiger partial charge in [0, 0.05) is 29.1 Å². The quantitative estimate of drug-likeness (QED) is 0.478. The summed E-state index contributed by atoms with van der Waals surface area (Å²) in [5, 5.41) is 12.4. The fourth-order valence-electron chi connectivity index (χ4n) is 3.99. The highest BCUT2D eigenvalue weighted by molar-refractivity contribution is 6.32. The molecule has 0 saturated carbocycles. The van der Waals surface area contributed by atoms with Crippen LogP contribution in [0.1, 0.15) is 44.2 Å². The third kappa shape index (κ3) is 4.01. The first-order valence-corrected chi connectivity index (χ1v) is 9.94. The first-order chi connectivity index (χ1) is 13.6. The number of allylic oxidation sites excluding steroid dienone is 3. The number of carbonyl (C=O) groups excluding carboxylic acids is 1. The molecular formula is C23H29N3O2. The SMILES string of the molecule is C/C=C\CC1=C(CCCN)C(/C=C2\C(=O)Nc3cccc(CCO)c32)N=C1C. The van der Waals surface area contributed by atoms with E-state index in [9.17, 15) is 9.90 Å². The van der Waals surface area contributed by atoms with Crippen molar-refractivity contribution in [2.75, 3.05) is 18.5 Å². The van der Waals surface area contributed by atoms with Crippen molar-refractivity contribution in [3.8, 4) is 0 Å². The zero-order valence-electron chi connectivity index (χ0n) is 16.7. The van der Waals surface area contributed by atoms with Gasteiger partial charge < -0.3 is 16.2 Å². The highest BCUT2D eigenvalue weighted by Crippen LogP contribution is 2.38. The minimum Gasteiger partial charge on any atom is -0.396 e. The van der Waals surface area contributed by atoms with Crippen LogP contribution in [0, 0.1) is 0 Å². The lowest BCUT2D eigenvalue weighted by Crippen LogP contribution is -2.10. The van der Waals surface area contributed by atoms with Crippen molar-refractivity contribution in [1.29, 1.82) is 0 Å². The zero-order chi connectivity index (χ0) is 20.1. The summed E-state index contributed by atoms with van der Waals surface area (Å²) in [5.74, 6) is -0.103. The standard InChI is InChI=1S/C23H29N3O2/c1-3-4-8-17-15(2)25-21(18(17)9-6-12-24)14-19-22-16(11-13-27)7-5-10-20(22)26-23(19)28/h3-5,7,10,14,21,27H,6,8-9,11-13,24H2,1-2H3,(H,26,28)/b4-3-,19-14-. The molecule has 0 saturated heterocycles. The van der Waals surface area contributed by atoms with Crippen LogP contribution < -0.4 is 11.1 Å². The second-order valence-electron chi connectivity index (χ2n) is 7.18. The highest BCUT2D eigenvalue weighted by atomic mass is 16.3. The minimum atomic E-state index is -0.138. The summed E-state index contributed by atoms with van der Waals surface area (Å²) in [4.78, 5) is 17.6. The maximum absolute atomic E-state index is 12.7. The molecule has 3 rings (SSSR count). The molecule has 0 aliphatic carbocycles. The van der Waals surface area contributed by atoms with E-state index in [2.05, 4.69) is 17.5 Å². The summed E-state index contributed by atoms with van der Waals surface area (Å²) < 4.78 is 0. The van der Waals surface area contributed by atoms with Crippen LogP contribution in [0.5, 0.6) is 0 Å². The number of anilines is 1. The van der Waals surface area contributed by atoms with Gasteiger partial charge in [0.2, 0.25) is 0 Å². The molecule has 0 fully saturated rings. The summed E-state index contributed by atoms with van der Waals surface area (Å²) in [6, 6.07) is 5.64. The molecule has 2 aliphatic heterocycles. The molecule has 1 aromatic carbocycles. The normalized spacial score (nSPS) is 20.3. The number of carbonyl (C=O) groups is 1. The van der Waals surface area contributed by atoms with E-state index in [0.717, 1.165) is 41.8 Å². The number of hydrogen-bond donors (Lipinski definition) is 3. The lowest BCUT2D eigenvalue weighted by Gasteiger charge is -2.13. The van der Waals surface area contributed by atoms with E-state index < -0.39 is 0 Å². The predicted molar refractivity (Wildman–Crippen MR) is 115 cm³/mol. The Balaban J connectivity index is 2.03. The van der Waals surface area contributed by atoms with E-state index in [-0.39, 0.29) is 18.6 Å². The molecule has 2 aliphatic rings. The summed E-state index contributed by atoms with van der Waals surface area (Å²) >= 11 is 0. The van der Waals surface area contributed by atoms with Crippen LogP contribution in [0.2, 0.25) is 0 Å². The maximum atomic E-state index is 12.7. The molecule has 0 aromatic heterocycles. The van der Waals surface area contributed by atoms with Gasteiger partial charge in [0.25, 0.3) is 5.91 Å². The number of amides is 1. The van der Waals surface area contributed by atoms with E-state index >= 15 is 0 Å². The molecule has 0 radical (unpaired) electrons. The summed E-state index contributed by atoms with van der Waals surface area (Å²) in [7, 11) is 0. The van der Waals surface area contributed by atoms with Crippen LogP contribution in [-0.2, 0) is 11.2 Å². The number of benzene rings is 1. The molecular weight excluding hydrogens is 350 g/mol. The van der Waals surface area contributed by atoms with Crippen molar-refractivity contribution in [2.45, 2.75) is 45.6 Å². The van der Waals surface area contributed by atoms with Crippen molar-refractivity contribution in [1.82, 2.24) is 0 Å². The third-order valence-corrected chi connectivity index (χ3v) is 5.34. The number of fused-ring (bicyclic) bond motifs is 1. The molecule has 0 bridgehead atoms. The van der Waals surface area contributed by atoms with Crippen molar-refractivity contribution in [2.24, 2.45) is 10.7 Å². The predicted octanol–water partition coefficient (Wildman–Crippen LogP) is 3.40. The topological polar surface area (TPSA) is 87.7 Å². The number of nitrogens with one attached hydrogen (secondary N) is 1. The fraction of sp³-hybridized carbons (Fsp3) is 0.391. The van der Waals surface area contributed by atoms with Crippen molar-refractivity contribution in [3.63, 3.8) is 0 Å². The number of rotatable bonds is 8. The number of aliphatic imine (C=N–C) groups is 1. The zero-order valence-corrected chi connectivity index (χ0v) is 16.7. The van der Waals surface area contributed by atoms with Gasteiger partial charge >= 0.3 is 0 Å². The van der Waals surface area contributed by atoms with Gasteiger partial charge in [-0.25, -0.2) is 0 Å². The number of aliphatic hydroxyl groups is 1. The smallest absolute Gasteiger partial charge is 0.256 e.